The van der Waals surface area contributed by atoms with Gasteiger partial charge in [-0.3, -0.25) is 9.36 Å². The van der Waals surface area contributed by atoms with Gasteiger partial charge in [0.05, 0.1) is 5.75 Å². The Balaban J connectivity index is 1.72. The van der Waals surface area contributed by atoms with Gasteiger partial charge in [-0.2, -0.15) is 0 Å². The Morgan fingerprint density at radius 3 is 2.53 bits per heavy atom. The average molecular weight is 487 g/mol. The Kier molecular flexibility index (Phi) is 8.81. The van der Waals surface area contributed by atoms with Gasteiger partial charge in [-0.1, -0.05) is 49.9 Å². The molecule has 0 bridgehead atoms. The Morgan fingerprint density at radius 2 is 1.91 bits per heavy atom. The smallest absolute Gasteiger partial charge is 0.234 e. The number of nitrogens with one attached hydrogen (secondary N) is 1. The highest BCUT2D eigenvalue weighted by Crippen LogP contribution is 2.27. The summed E-state index contributed by atoms with van der Waals surface area (Å²) in [6.07, 6.45) is 2.65. The van der Waals surface area contributed by atoms with Crippen LogP contribution in [0.4, 0.5) is 14.5 Å². The van der Waals surface area contributed by atoms with Crippen LogP contribution in [0, 0.1) is 11.6 Å². The first-order valence-corrected chi connectivity index (χ1v) is 12.1. The number of rotatable bonds is 11. The molecule has 1 heterocycles. The first-order valence-electron chi connectivity index (χ1n) is 11.1. The predicted molar refractivity (Wildman–Crippen MR) is 130 cm³/mol. The Hall–Kier alpha value is -3.20. The van der Waals surface area contributed by atoms with Gasteiger partial charge in [0.25, 0.3) is 0 Å². The van der Waals surface area contributed by atoms with Crippen LogP contribution in [0.25, 0.3) is 0 Å². The number of nitrogens with zero attached hydrogens (tertiary/aromatic N) is 3. The molecule has 1 aromatic heterocycles. The van der Waals surface area contributed by atoms with E-state index in [4.69, 9.17) is 4.74 Å². The Morgan fingerprint density at radius 1 is 1.21 bits per heavy atom. The second-order valence-electron chi connectivity index (χ2n) is 7.57. The second kappa shape index (κ2) is 11.8. The fourth-order valence-corrected chi connectivity index (χ4v) is 4.29. The van der Waals surface area contributed by atoms with Gasteiger partial charge in [0.15, 0.2) is 28.7 Å². The Labute approximate surface area is 202 Å². The number of benzene rings is 2. The second-order valence-corrected chi connectivity index (χ2v) is 8.51. The third kappa shape index (κ3) is 6.02. The molecule has 0 aliphatic rings. The summed E-state index contributed by atoms with van der Waals surface area (Å²) < 4.78 is 34.6. The molecule has 0 aliphatic heterocycles. The molecule has 0 fully saturated rings. The zero-order chi connectivity index (χ0) is 24.7. The highest BCUT2D eigenvalue weighted by Gasteiger charge is 2.21. The molecule has 0 radical (unpaired) electrons. The fourth-order valence-electron chi connectivity index (χ4n) is 3.53. The maximum absolute atomic E-state index is 14.0. The van der Waals surface area contributed by atoms with Gasteiger partial charge in [0.2, 0.25) is 5.91 Å². The van der Waals surface area contributed by atoms with E-state index in [2.05, 4.69) is 35.9 Å². The van der Waals surface area contributed by atoms with E-state index in [0.717, 1.165) is 41.8 Å². The zero-order valence-corrected chi connectivity index (χ0v) is 20.3. The molecule has 3 rings (SSSR count). The molecule has 1 atom stereocenters. The van der Waals surface area contributed by atoms with Crippen LogP contribution in [-0.4, -0.2) is 26.4 Å². The van der Waals surface area contributed by atoms with E-state index in [0.29, 0.717) is 17.5 Å². The lowest BCUT2D eigenvalue weighted by atomic mass is 10.0. The molecule has 0 saturated heterocycles. The number of aryl methyl sites for hydroxylation is 2. The summed E-state index contributed by atoms with van der Waals surface area (Å²) in [5.74, 6) is -1.14. The van der Waals surface area contributed by atoms with E-state index >= 15 is 0 Å². The highest BCUT2D eigenvalue weighted by molar-refractivity contribution is 7.99. The van der Waals surface area contributed by atoms with Crippen molar-refractivity contribution in [1.82, 2.24) is 14.8 Å². The number of ether oxygens (including phenoxy) is 1. The number of para-hydroxylation sites is 1. The van der Waals surface area contributed by atoms with E-state index in [-0.39, 0.29) is 17.4 Å². The number of carbonyl (C=O) groups is 1. The third-order valence-electron chi connectivity index (χ3n) is 5.21. The number of aromatic nitrogens is 3. The molecule has 180 valence electrons. The summed E-state index contributed by atoms with van der Waals surface area (Å²) in [5, 5.41) is 11.9. The standard InChI is InChI=1S/C25H28F2N4O2S/c1-5-13-31-24(16(4)33-21-12-11-19(26)14-20(21)27)29-30-25(31)34-15-22(32)28-23-17(6-2)9-8-10-18(23)7-3/h5,8-12,14,16H,1,6-7,13,15H2,2-4H3,(H,28,32). The Bertz CT molecular complexity index is 1140. The van der Waals surface area contributed by atoms with E-state index in [9.17, 15) is 13.6 Å². The summed E-state index contributed by atoms with van der Waals surface area (Å²) in [7, 11) is 0. The third-order valence-corrected chi connectivity index (χ3v) is 6.18. The SMILES string of the molecule is C=CCn1c(SCC(=O)Nc2c(CC)cccc2CC)nnc1C(C)Oc1ccc(F)cc1F. The number of hydrogen-bond donors (Lipinski definition) is 1. The molecule has 0 saturated carbocycles. The summed E-state index contributed by atoms with van der Waals surface area (Å²) >= 11 is 1.24. The van der Waals surface area contributed by atoms with Gasteiger partial charge >= 0.3 is 0 Å². The van der Waals surface area contributed by atoms with Crippen LogP contribution < -0.4 is 10.1 Å². The van der Waals surface area contributed by atoms with Crippen LogP contribution in [0.15, 0.2) is 54.2 Å². The summed E-state index contributed by atoms with van der Waals surface area (Å²) in [6.45, 7) is 9.95. The molecule has 2 aromatic carbocycles. The van der Waals surface area contributed by atoms with Crippen LogP contribution in [0.1, 0.15) is 43.8 Å². The van der Waals surface area contributed by atoms with Crippen molar-refractivity contribution in [2.24, 2.45) is 0 Å². The fraction of sp³-hybridized carbons (Fsp3) is 0.320. The molecule has 9 heteroatoms. The topological polar surface area (TPSA) is 69.0 Å². The zero-order valence-electron chi connectivity index (χ0n) is 19.5. The van der Waals surface area contributed by atoms with Gasteiger partial charge < -0.3 is 10.1 Å². The molecule has 34 heavy (non-hydrogen) atoms. The van der Waals surface area contributed by atoms with Crippen LogP contribution in [0.5, 0.6) is 5.75 Å². The van der Waals surface area contributed by atoms with Gasteiger partial charge in [-0.25, -0.2) is 8.78 Å². The molecule has 0 aliphatic carbocycles. The minimum Gasteiger partial charge on any atom is -0.480 e. The van der Waals surface area contributed by atoms with Gasteiger partial charge in [0, 0.05) is 18.3 Å². The molecule has 6 nitrogen and oxygen atoms in total. The summed E-state index contributed by atoms with van der Waals surface area (Å²) in [5.41, 5.74) is 3.05. The van der Waals surface area contributed by atoms with E-state index < -0.39 is 17.7 Å². The molecule has 1 unspecified atom stereocenters. The average Bonchev–Trinajstić information content (AvgIpc) is 3.22. The monoisotopic (exact) mass is 486 g/mol. The summed E-state index contributed by atoms with van der Waals surface area (Å²) in [6, 6.07) is 9.15. The highest BCUT2D eigenvalue weighted by atomic mass is 32.2. The molecule has 1 amide bonds. The number of anilines is 1. The maximum Gasteiger partial charge on any atom is 0.234 e. The van der Waals surface area contributed by atoms with Crippen LogP contribution >= 0.6 is 11.8 Å². The predicted octanol–water partition coefficient (Wildman–Crippen LogP) is 5.74. The van der Waals surface area contributed by atoms with Crippen molar-refractivity contribution in [3.8, 4) is 5.75 Å². The normalized spacial score (nSPS) is 11.8. The number of hydrogen-bond acceptors (Lipinski definition) is 5. The van der Waals surface area contributed by atoms with Crippen molar-refractivity contribution in [3.63, 3.8) is 0 Å². The van der Waals surface area contributed by atoms with Gasteiger partial charge in [0.1, 0.15) is 5.82 Å². The minimum absolute atomic E-state index is 0.0862. The van der Waals surface area contributed by atoms with Crippen molar-refractivity contribution >= 4 is 23.4 Å². The van der Waals surface area contributed by atoms with E-state index in [1.54, 1.807) is 17.6 Å². The van der Waals surface area contributed by atoms with Crippen LogP contribution in [0.2, 0.25) is 0 Å². The van der Waals surface area contributed by atoms with E-state index in [1.165, 1.54) is 17.8 Å². The van der Waals surface area contributed by atoms with Crippen LogP contribution in [0.3, 0.4) is 0 Å². The summed E-state index contributed by atoms with van der Waals surface area (Å²) in [4.78, 5) is 12.7. The van der Waals surface area contributed by atoms with E-state index in [1.807, 2.05) is 18.2 Å². The van der Waals surface area contributed by atoms with Gasteiger partial charge in [-0.15, -0.1) is 16.8 Å². The maximum atomic E-state index is 14.0. The number of allylic oxidation sites excluding steroid dienone is 1. The number of halogens is 2. The lowest BCUT2D eigenvalue weighted by molar-refractivity contribution is -0.113. The van der Waals surface area contributed by atoms with Crippen molar-refractivity contribution in [3.05, 3.63) is 77.6 Å². The first kappa shape index (κ1) is 25.4. The molecule has 0 spiro atoms. The first-order chi connectivity index (χ1) is 16.4. The van der Waals surface area contributed by atoms with Crippen LogP contribution in [-0.2, 0) is 24.2 Å². The van der Waals surface area contributed by atoms with Crippen molar-refractivity contribution in [1.29, 1.82) is 0 Å². The molecular weight excluding hydrogens is 458 g/mol. The van der Waals surface area contributed by atoms with Gasteiger partial charge in [-0.05, 0) is 43.0 Å². The number of carbonyl (C=O) groups excluding carboxylic acids is 1. The minimum atomic E-state index is -0.799. The van der Waals surface area contributed by atoms with Crippen molar-refractivity contribution < 1.29 is 18.3 Å². The lowest BCUT2D eigenvalue weighted by Gasteiger charge is -2.16. The molecular formula is C25H28F2N4O2S. The number of thioether (sulfide) groups is 1. The quantitative estimate of drug-likeness (QED) is 0.277. The molecule has 3 aromatic rings. The van der Waals surface area contributed by atoms with Crippen molar-refractivity contribution in [2.45, 2.75) is 51.4 Å². The largest absolute Gasteiger partial charge is 0.480 e. The lowest BCUT2D eigenvalue weighted by Crippen LogP contribution is -2.17. The van der Waals surface area contributed by atoms with Crippen molar-refractivity contribution in [2.75, 3.05) is 11.1 Å². The molecule has 1 N–H and O–H groups in total. The number of amides is 1.